The molecule has 3 aromatic carbocycles. The fraction of sp³-hybridized carbons (Fsp3) is 0.125. The fourth-order valence-electron chi connectivity index (χ4n) is 4.39. The average Bonchev–Trinajstić information content (AvgIpc) is 2.94. The summed E-state index contributed by atoms with van der Waals surface area (Å²) in [5, 5.41) is 4.07. The van der Waals surface area contributed by atoms with Crippen molar-refractivity contribution in [2.75, 3.05) is 0 Å². The molecular formula is C32H31N2OSi2. The summed E-state index contributed by atoms with van der Waals surface area (Å²) in [6.07, 6.45) is 4.05. The monoisotopic (exact) mass is 515 g/mol. The molecule has 0 saturated carbocycles. The summed E-state index contributed by atoms with van der Waals surface area (Å²) in [5.74, 6) is 1.57. The van der Waals surface area contributed by atoms with Gasteiger partial charge in [-0.1, -0.05) is 98.1 Å². The first-order valence-corrected chi connectivity index (χ1v) is 18.1. The van der Waals surface area contributed by atoms with E-state index in [-0.39, 0.29) is 0 Å². The third-order valence-corrected chi connectivity index (χ3v) is 11.8. The lowest BCUT2D eigenvalue weighted by molar-refractivity contribution is 0.483. The number of rotatable bonds is 7. The molecule has 0 bridgehead atoms. The van der Waals surface area contributed by atoms with Crippen molar-refractivity contribution in [1.82, 2.24) is 9.97 Å². The molecule has 0 N–H and O–H groups in total. The van der Waals surface area contributed by atoms with Crippen molar-refractivity contribution in [2.24, 2.45) is 0 Å². The lowest BCUT2D eigenvalue weighted by atomic mass is 10.1. The summed E-state index contributed by atoms with van der Waals surface area (Å²) in [6, 6.07) is 35.6. The molecule has 2 aromatic heterocycles. The molecule has 183 valence electrons. The predicted octanol–water partition coefficient (Wildman–Crippen LogP) is 6.39. The molecule has 0 aliphatic heterocycles. The van der Waals surface area contributed by atoms with Crippen molar-refractivity contribution < 1.29 is 4.74 Å². The third kappa shape index (κ3) is 5.63. The van der Waals surface area contributed by atoms with Gasteiger partial charge in [0.2, 0.25) is 0 Å². The van der Waals surface area contributed by atoms with Crippen LogP contribution in [0.3, 0.4) is 0 Å². The molecule has 0 fully saturated rings. The minimum atomic E-state index is -1.77. The van der Waals surface area contributed by atoms with Gasteiger partial charge in [-0.3, -0.25) is 9.97 Å². The number of hydrogen-bond acceptors (Lipinski definition) is 3. The van der Waals surface area contributed by atoms with Crippen molar-refractivity contribution in [3.05, 3.63) is 116 Å². The summed E-state index contributed by atoms with van der Waals surface area (Å²) >= 11 is 0. The van der Waals surface area contributed by atoms with E-state index in [1.165, 1.54) is 15.6 Å². The molecule has 5 aromatic rings. The van der Waals surface area contributed by atoms with E-state index in [2.05, 4.69) is 97.9 Å². The zero-order valence-electron chi connectivity index (χ0n) is 21.8. The number of nitrogens with zero attached hydrogens (tertiary/aromatic N) is 2. The van der Waals surface area contributed by atoms with Gasteiger partial charge in [-0.2, -0.15) is 0 Å². The molecule has 3 nitrogen and oxygen atoms in total. The van der Waals surface area contributed by atoms with Crippen molar-refractivity contribution in [2.45, 2.75) is 26.2 Å². The van der Waals surface area contributed by atoms with E-state index >= 15 is 0 Å². The van der Waals surface area contributed by atoms with Crippen LogP contribution in [0.15, 0.2) is 116 Å². The maximum Gasteiger partial charge on any atom is 0.128 e. The zero-order chi connectivity index (χ0) is 25.8. The fourth-order valence-corrected chi connectivity index (χ4v) is 7.38. The van der Waals surface area contributed by atoms with Crippen LogP contribution in [0.4, 0.5) is 0 Å². The summed E-state index contributed by atoms with van der Waals surface area (Å²) in [5.41, 5.74) is 3.98. The van der Waals surface area contributed by atoms with E-state index in [0.717, 1.165) is 34.0 Å². The van der Waals surface area contributed by atoms with E-state index in [1.54, 1.807) is 0 Å². The molecule has 37 heavy (non-hydrogen) atoms. The summed E-state index contributed by atoms with van der Waals surface area (Å²) in [4.78, 5) is 9.52. The van der Waals surface area contributed by atoms with Gasteiger partial charge in [0, 0.05) is 23.5 Å². The Bertz CT molecular complexity index is 1480. The zero-order valence-corrected chi connectivity index (χ0v) is 23.8. The number of ether oxygens (including phenoxy) is 1. The van der Waals surface area contributed by atoms with E-state index in [9.17, 15) is 0 Å². The van der Waals surface area contributed by atoms with E-state index in [4.69, 9.17) is 9.72 Å². The van der Waals surface area contributed by atoms with Gasteiger partial charge in [-0.25, -0.2) is 0 Å². The smallest absolute Gasteiger partial charge is 0.128 e. The number of benzene rings is 3. The Hall–Kier alpha value is -3.81. The van der Waals surface area contributed by atoms with Crippen LogP contribution in [0.2, 0.25) is 26.2 Å². The molecule has 0 aliphatic rings. The van der Waals surface area contributed by atoms with Crippen LogP contribution in [0.1, 0.15) is 0 Å². The topological polar surface area (TPSA) is 35.0 Å². The van der Waals surface area contributed by atoms with E-state index in [0.29, 0.717) is 0 Å². The number of hydrogen-bond donors (Lipinski definition) is 0. The molecule has 0 saturated heterocycles. The van der Waals surface area contributed by atoms with Crippen molar-refractivity contribution in [1.29, 1.82) is 0 Å². The Balaban J connectivity index is 1.34. The van der Waals surface area contributed by atoms with Gasteiger partial charge >= 0.3 is 0 Å². The highest BCUT2D eigenvalue weighted by atomic mass is 28.3. The molecule has 0 amide bonds. The molecule has 0 atom stereocenters. The minimum absolute atomic E-state index is 0.498. The van der Waals surface area contributed by atoms with Gasteiger partial charge in [-0.05, 0) is 46.8 Å². The summed E-state index contributed by atoms with van der Waals surface area (Å²) in [7, 11) is -2.27. The Morgan fingerprint density at radius 3 is 1.70 bits per heavy atom. The normalized spacial score (nSPS) is 11.5. The first kappa shape index (κ1) is 24.9. The first-order valence-electron chi connectivity index (χ1n) is 12.6. The maximum absolute atomic E-state index is 6.26. The molecule has 0 spiro atoms. The second-order valence-corrected chi connectivity index (χ2v) is 17.0. The molecule has 1 radical (unpaired) electrons. The molecule has 5 heteroatoms. The Morgan fingerprint density at radius 2 is 1.19 bits per heavy atom. The van der Waals surface area contributed by atoms with Crippen molar-refractivity contribution >= 4 is 32.4 Å². The molecule has 2 heterocycles. The quantitative estimate of drug-likeness (QED) is 0.236. The molecule has 0 aliphatic carbocycles. The molecule has 0 unspecified atom stereocenters. The van der Waals surface area contributed by atoms with Crippen LogP contribution < -0.4 is 20.3 Å². The maximum atomic E-state index is 6.26. The number of pyridine rings is 2. The van der Waals surface area contributed by atoms with Gasteiger partial charge in [-0.15, -0.1) is 0 Å². The largest absolute Gasteiger partial charge is 0.457 e. The van der Waals surface area contributed by atoms with Gasteiger partial charge in [0.1, 0.15) is 19.6 Å². The number of aromatic nitrogens is 2. The Kier molecular flexibility index (Phi) is 7.17. The molecule has 5 rings (SSSR count). The van der Waals surface area contributed by atoms with Crippen molar-refractivity contribution in [3.63, 3.8) is 0 Å². The van der Waals surface area contributed by atoms with Gasteiger partial charge in [0.15, 0.2) is 0 Å². The lowest BCUT2D eigenvalue weighted by Gasteiger charge is -2.23. The van der Waals surface area contributed by atoms with Crippen LogP contribution in [0.25, 0.3) is 22.5 Å². The molecular weight excluding hydrogens is 485 g/mol. The summed E-state index contributed by atoms with van der Waals surface area (Å²) < 4.78 is 6.26. The average molecular weight is 516 g/mol. The Labute approximate surface area is 222 Å². The standard InChI is InChI=1S/C32H31N2OSi2/c1-36(2)28-16-18-31(33-22-28)24-10-8-12-26(20-24)35-27-13-9-11-25(21-27)32-19-17-30(23-34-32)37(3,4)29-14-6-5-7-15-29/h5-23H,1-4H3. The minimum Gasteiger partial charge on any atom is -0.457 e. The van der Waals surface area contributed by atoms with Crippen molar-refractivity contribution in [3.8, 4) is 34.0 Å². The SMILES string of the molecule is C[Si](C)c1ccc(-c2cccc(Oc3cccc(-c4ccc([Si](C)(C)c5ccccc5)cn4)c3)c2)nc1. The van der Waals surface area contributed by atoms with Gasteiger partial charge in [0.05, 0.1) is 20.2 Å². The Morgan fingerprint density at radius 1 is 0.595 bits per heavy atom. The van der Waals surface area contributed by atoms with Crippen LogP contribution >= 0.6 is 0 Å². The van der Waals surface area contributed by atoms with Crippen LogP contribution in [-0.2, 0) is 0 Å². The van der Waals surface area contributed by atoms with E-state index in [1.807, 2.05) is 48.8 Å². The van der Waals surface area contributed by atoms with Crippen LogP contribution in [0.5, 0.6) is 11.5 Å². The van der Waals surface area contributed by atoms with E-state index < -0.39 is 16.9 Å². The highest BCUT2D eigenvalue weighted by Crippen LogP contribution is 2.29. The summed E-state index contributed by atoms with van der Waals surface area (Å²) in [6.45, 7) is 9.30. The first-order chi connectivity index (χ1) is 17.9. The predicted molar refractivity (Wildman–Crippen MR) is 160 cm³/mol. The van der Waals surface area contributed by atoms with Crippen LogP contribution in [-0.4, -0.2) is 26.8 Å². The third-order valence-electron chi connectivity index (χ3n) is 6.82. The highest BCUT2D eigenvalue weighted by Gasteiger charge is 2.26. The second kappa shape index (κ2) is 10.7. The highest BCUT2D eigenvalue weighted by molar-refractivity contribution is 7.00. The van der Waals surface area contributed by atoms with Gasteiger partial charge in [0.25, 0.3) is 0 Å². The van der Waals surface area contributed by atoms with Gasteiger partial charge < -0.3 is 4.74 Å². The van der Waals surface area contributed by atoms with Crippen LogP contribution in [0, 0.1) is 0 Å². The second-order valence-electron chi connectivity index (χ2n) is 10.0. The lowest BCUT2D eigenvalue weighted by Crippen LogP contribution is -2.52.